The molecule has 13 heavy (non-hydrogen) atoms. The van der Waals surface area contributed by atoms with Crippen molar-refractivity contribution in [3.8, 4) is 0 Å². The normalized spacial score (nSPS) is 16.2. The third-order valence-electron chi connectivity index (χ3n) is 1.77. The van der Waals surface area contributed by atoms with Crippen LogP contribution in [0, 0.1) is 0 Å². The molecule has 0 saturated carbocycles. The van der Waals surface area contributed by atoms with E-state index in [0.29, 0.717) is 6.54 Å². The number of hydrogen-bond acceptors (Lipinski definition) is 4. The first-order chi connectivity index (χ1) is 6.34. The lowest BCUT2D eigenvalue weighted by Crippen LogP contribution is -2.35. The molecule has 1 aromatic rings. The molecule has 0 fully saturated rings. The molecule has 0 aromatic carbocycles. The predicted octanol–water partition coefficient (Wildman–Crippen LogP) is -0.372. The molecule has 0 unspecified atom stereocenters. The van der Waals surface area contributed by atoms with Crippen molar-refractivity contribution in [3.63, 3.8) is 0 Å². The summed E-state index contributed by atoms with van der Waals surface area (Å²) >= 11 is 0. The molecule has 5 nitrogen and oxygen atoms in total. The Morgan fingerprint density at radius 2 is 2.23 bits per heavy atom. The number of amides is 1. The molecule has 1 aromatic heterocycles. The maximum Gasteiger partial charge on any atom is 0.236 e. The van der Waals surface area contributed by atoms with E-state index in [2.05, 4.69) is 21.2 Å². The number of fused-ring (bicyclic) bond motifs is 2. The fraction of sp³-hybridized carbons (Fsp3) is 0.250. The summed E-state index contributed by atoms with van der Waals surface area (Å²) < 4.78 is 0. The molecule has 1 amide bonds. The molecule has 0 aliphatic carbocycles. The molecule has 2 bridgehead atoms. The van der Waals surface area contributed by atoms with Crippen LogP contribution in [0.1, 0.15) is 5.56 Å². The monoisotopic (exact) mass is 178 g/mol. The fourth-order valence-electron chi connectivity index (χ4n) is 1.14. The number of anilines is 1. The van der Waals surface area contributed by atoms with Gasteiger partial charge < -0.3 is 10.7 Å². The molecule has 0 radical (unpaired) electrons. The maximum absolute atomic E-state index is 11.1. The number of carbonyl (C=O) groups excluding carboxylic acids is 1. The number of carbonyl (C=O) groups is 1. The Bertz CT molecular complexity index is 326. The van der Waals surface area contributed by atoms with E-state index in [4.69, 9.17) is 0 Å². The van der Waals surface area contributed by atoms with Gasteiger partial charge in [-0.1, -0.05) is 0 Å². The van der Waals surface area contributed by atoms with Crippen LogP contribution in [0.25, 0.3) is 0 Å². The molecule has 5 heteroatoms. The van der Waals surface area contributed by atoms with Crippen molar-refractivity contribution >= 4 is 11.6 Å². The van der Waals surface area contributed by atoms with Gasteiger partial charge in [0.05, 0.1) is 18.4 Å². The number of rotatable bonds is 0. The Hall–Kier alpha value is -1.62. The third kappa shape index (κ3) is 1.94. The van der Waals surface area contributed by atoms with Gasteiger partial charge in [-0.05, 0) is 11.6 Å². The van der Waals surface area contributed by atoms with E-state index in [0.717, 1.165) is 11.3 Å². The second-order valence-corrected chi connectivity index (χ2v) is 2.84. The summed E-state index contributed by atoms with van der Waals surface area (Å²) in [4.78, 5) is 15.1. The standard InChI is InChI=1S/C8H10N4O/c13-8-5-11-12-7-1-6(3-10-8)2-9-4-7/h1-2,4,11-12H,3,5H2,(H,10,13). The van der Waals surface area contributed by atoms with Gasteiger partial charge in [-0.15, -0.1) is 0 Å². The molecule has 0 atom stereocenters. The average molecular weight is 178 g/mol. The Morgan fingerprint density at radius 1 is 1.31 bits per heavy atom. The van der Waals surface area contributed by atoms with Crippen molar-refractivity contribution in [2.24, 2.45) is 0 Å². The lowest BCUT2D eigenvalue weighted by Gasteiger charge is -2.04. The Kier molecular flexibility index (Phi) is 2.09. The van der Waals surface area contributed by atoms with Gasteiger partial charge in [0.2, 0.25) is 5.91 Å². The van der Waals surface area contributed by atoms with Gasteiger partial charge in [0, 0.05) is 12.7 Å². The highest BCUT2D eigenvalue weighted by Crippen LogP contribution is 2.07. The topological polar surface area (TPSA) is 66.0 Å². The van der Waals surface area contributed by atoms with E-state index in [1.54, 1.807) is 12.4 Å². The Labute approximate surface area is 75.5 Å². The fourth-order valence-corrected chi connectivity index (χ4v) is 1.14. The molecule has 2 heterocycles. The first-order valence-corrected chi connectivity index (χ1v) is 4.04. The first kappa shape index (κ1) is 8.00. The van der Waals surface area contributed by atoms with Crippen LogP contribution in [-0.2, 0) is 11.3 Å². The largest absolute Gasteiger partial charge is 0.351 e. The van der Waals surface area contributed by atoms with Gasteiger partial charge >= 0.3 is 0 Å². The van der Waals surface area contributed by atoms with Crippen molar-refractivity contribution in [1.82, 2.24) is 15.7 Å². The molecule has 2 rings (SSSR count). The summed E-state index contributed by atoms with van der Waals surface area (Å²) in [5.74, 6) is -0.0325. The summed E-state index contributed by atoms with van der Waals surface area (Å²) in [5.41, 5.74) is 7.52. The summed E-state index contributed by atoms with van der Waals surface area (Å²) in [5, 5.41) is 2.75. The molecule has 1 aliphatic heterocycles. The van der Waals surface area contributed by atoms with Crippen LogP contribution in [0.2, 0.25) is 0 Å². The van der Waals surface area contributed by atoms with E-state index in [-0.39, 0.29) is 12.5 Å². The van der Waals surface area contributed by atoms with Gasteiger partial charge in [-0.2, -0.15) is 0 Å². The van der Waals surface area contributed by atoms with E-state index >= 15 is 0 Å². The minimum atomic E-state index is -0.0325. The first-order valence-electron chi connectivity index (χ1n) is 4.04. The van der Waals surface area contributed by atoms with Crippen molar-refractivity contribution in [2.75, 3.05) is 12.0 Å². The minimum Gasteiger partial charge on any atom is -0.351 e. The van der Waals surface area contributed by atoms with E-state index < -0.39 is 0 Å². The lowest BCUT2D eigenvalue weighted by molar-refractivity contribution is -0.120. The minimum absolute atomic E-state index is 0.0325. The van der Waals surface area contributed by atoms with Crippen molar-refractivity contribution in [2.45, 2.75) is 6.54 Å². The third-order valence-corrected chi connectivity index (χ3v) is 1.77. The highest BCUT2D eigenvalue weighted by molar-refractivity contribution is 5.78. The van der Waals surface area contributed by atoms with Gasteiger partial charge in [0.25, 0.3) is 0 Å². The molecule has 0 saturated heterocycles. The van der Waals surface area contributed by atoms with Crippen LogP contribution in [0.3, 0.4) is 0 Å². The number of nitrogens with zero attached hydrogens (tertiary/aromatic N) is 1. The zero-order valence-corrected chi connectivity index (χ0v) is 7.00. The molecule has 1 aliphatic rings. The van der Waals surface area contributed by atoms with Crippen LogP contribution in [-0.4, -0.2) is 17.4 Å². The molecular formula is C8H10N4O. The quantitative estimate of drug-likeness (QED) is 0.507. The number of hydrogen-bond donors (Lipinski definition) is 3. The van der Waals surface area contributed by atoms with Crippen molar-refractivity contribution in [1.29, 1.82) is 0 Å². The number of aromatic nitrogens is 1. The number of hydrazine groups is 1. The van der Waals surface area contributed by atoms with Crippen LogP contribution in [0.4, 0.5) is 5.69 Å². The zero-order chi connectivity index (χ0) is 9.10. The Balaban J connectivity index is 2.22. The molecular weight excluding hydrogens is 168 g/mol. The summed E-state index contributed by atoms with van der Waals surface area (Å²) in [6.45, 7) is 0.793. The van der Waals surface area contributed by atoms with Crippen molar-refractivity contribution in [3.05, 3.63) is 24.0 Å². The van der Waals surface area contributed by atoms with Gasteiger partial charge in [0.1, 0.15) is 0 Å². The van der Waals surface area contributed by atoms with E-state index in [1.807, 2.05) is 6.07 Å². The molecule has 3 N–H and O–H groups in total. The zero-order valence-electron chi connectivity index (χ0n) is 7.00. The second-order valence-electron chi connectivity index (χ2n) is 2.84. The maximum atomic E-state index is 11.1. The predicted molar refractivity (Wildman–Crippen MR) is 47.7 cm³/mol. The van der Waals surface area contributed by atoms with Crippen molar-refractivity contribution < 1.29 is 4.79 Å². The second kappa shape index (κ2) is 3.40. The van der Waals surface area contributed by atoms with Gasteiger partial charge in [0.15, 0.2) is 0 Å². The molecule has 0 spiro atoms. The summed E-state index contributed by atoms with van der Waals surface area (Å²) in [6, 6.07) is 1.94. The van der Waals surface area contributed by atoms with Crippen LogP contribution >= 0.6 is 0 Å². The number of nitrogens with one attached hydrogen (secondary N) is 3. The highest BCUT2D eigenvalue weighted by atomic mass is 16.2. The Morgan fingerprint density at radius 3 is 3.15 bits per heavy atom. The SMILES string of the molecule is O=C1CNNc2cncc(c2)CN1. The molecule has 68 valence electrons. The highest BCUT2D eigenvalue weighted by Gasteiger charge is 2.04. The van der Waals surface area contributed by atoms with Crippen LogP contribution in [0.15, 0.2) is 18.5 Å². The smallest absolute Gasteiger partial charge is 0.236 e. The van der Waals surface area contributed by atoms with Gasteiger partial charge in [-0.3, -0.25) is 9.78 Å². The summed E-state index contributed by atoms with van der Waals surface area (Å²) in [7, 11) is 0. The average Bonchev–Trinajstić information content (AvgIpc) is 2.20. The van der Waals surface area contributed by atoms with Crippen LogP contribution in [0.5, 0.6) is 0 Å². The van der Waals surface area contributed by atoms with Gasteiger partial charge in [-0.25, -0.2) is 5.43 Å². The summed E-state index contributed by atoms with van der Waals surface area (Å²) in [6.07, 6.45) is 3.43. The van der Waals surface area contributed by atoms with E-state index in [9.17, 15) is 4.79 Å². The lowest BCUT2D eigenvalue weighted by atomic mass is 10.2. The number of pyridine rings is 1. The van der Waals surface area contributed by atoms with Crippen LogP contribution < -0.4 is 16.2 Å². The van der Waals surface area contributed by atoms with E-state index in [1.165, 1.54) is 0 Å².